The molecule has 0 heterocycles. The van der Waals surface area contributed by atoms with E-state index in [2.05, 4.69) is 12.2 Å². The van der Waals surface area contributed by atoms with Crippen LogP contribution in [0.5, 0.6) is 0 Å². The van der Waals surface area contributed by atoms with Gasteiger partial charge in [-0.15, -0.1) is 0 Å². The average molecular weight is 380 g/mol. The van der Waals surface area contributed by atoms with Crippen molar-refractivity contribution in [2.75, 3.05) is 0 Å². The second-order valence-corrected chi connectivity index (χ2v) is 9.09. The number of fused-ring (bicyclic) bond motifs is 2. The standard InChI is InChI=1S/C24H28O4/c25-22(17-6-2-1-3-7-17)27-20-8-4-12-24(20)13-5-9-21(24)28-23(26)19-15-16-10-11-18(19)14-16/h1-3,6-7,10-11,16,18-21H,4-5,8-9,12-15H2/t16-,18+,19-,20-,21-,24-/m1/s1. The van der Waals surface area contributed by atoms with Gasteiger partial charge in [0.25, 0.3) is 0 Å². The molecular weight excluding hydrogens is 352 g/mol. The number of carbonyl (C=O) groups excluding carboxylic acids is 2. The van der Waals surface area contributed by atoms with Crippen molar-refractivity contribution >= 4 is 11.9 Å². The van der Waals surface area contributed by atoms with E-state index in [1.54, 1.807) is 12.1 Å². The third-order valence-corrected chi connectivity index (χ3v) is 7.60. The Kier molecular flexibility index (Phi) is 4.53. The zero-order valence-electron chi connectivity index (χ0n) is 16.2. The van der Waals surface area contributed by atoms with Crippen molar-refractivity contribution in [1.82, 2.24) is 0 Å². The van der Waals surface area contributed by atoms with E-state index >= 15 is 0 Å². The smallest absolute Gasteiger partial charge is 0.338 e. The van der Waals surface area contributed by atoms with E-state index in [0.717, 1.165) is 51.4 Å². The largest absolute Gasteiger partial charge is 0.461 e. The van der Waals surface area contributed by atoms with Gasteiger partial charge in [0.2, 0.25) is 0 Å². The Balaban J connectivity index is 1.29. The molecule has 2 bridgehead atoms. The molecule has 4 aliphatic carbocycles. The predicted octanol–water partition coefficient (Wildman–Crippen LogP) is 4.69. The fourth-order valence-electron chi connectivity index (χ4n) is 6.19. The Morgan fingerprint density at radius 1 is 0.893 bits per heavy atom. The lowest BCUT2D eigenvalue weighted by Crippen LogP contribution is -2.43. The van der Waals surface area contributed by atoms with Gasteiger partial charge in [0.15, 0.2) is 0 Å². The summed E-state index contributed by atoms with van der Waals surface area (Å²) in [5, 5.41) is 0. The third kappa shape index (κ3) is 2.98. The molecule has 1 aromatic carbocycles. The van der Waals surface area contributed by atoms with Crippen LogP contribution < -0.4 is 0 Å². The SMILES string of the molecule is O=C(O[C@@H]1CCC[C@@]12CCC[C@H]2OC(=O)[C@@H]1C[C@@H]2C=C[C@H]1C2)c1ccccc1. The first kappa shape index (κ1) is 18.0. The Morgan fingerprint density at radius 2 is 1.61 bits per heavy atom. The summed E-state index contributed by atoms with van der Waals surface area (Å²) in [5.41, 5.74) is 0.401. The molecule has 0 aromatic heterocycles. The first-order valence-electron chi connectivity index (χ1n) is 10.8. The van der Waals surface area contributed by atoms with Crippen LogP contribution in [-0.4, -0.2) is 24.1 Å². The summed E-state index contributed by atoms with van der Waals surface area (Å²) in [6, 6.07) is 9.18. The van der Waals surface area contributed by atoms with Crippen molar-refractivity contribution in [2.45, 2.75) is 63.6 Å². The predicted molar refractivity (Wildman–Crippen MR) is 105 cm³/mol. The van der Waals surface area contributed by atoms with Crippen LogP contribution in [0.25, 0.3) is 0 Å². The van der Waals surface area contributed by atoms with E-state index in [9.17, 15) is 9.59 Å². The first-order valence-corrected chi connectivity index (χ1v) is 10.8. The highest BCUT2D eigenvalue weighted by molar-refractivity contribution is 5.89. The Labute approximate surface area is 166 Å². The number of esters is 2. The van der Waals surface area contributed by atoms with Gasteiger partial charge < -0.3 is 9.47 Å². The minimum atomic E-state index is -0.262. The lowest BCUT2D eigenvalue weighted by Gasteiger charge is -2.36. The van der Waals surface area contributed by atoms with E-state index in [0.29, 0.717) is 17.4 Å². The summed E-state index contributed by atoms with van der Waals surface area (Å²) in [6.45, 7) is 0. The molecule has 4 heteroatoms. The van der Waals surface area contributed by atoms with Crippen LogP contribution in [-0.2, 0) is 14.3 Å². The van der Waals surface area contributed by atoms with Crippen LogP contribution in [0.1, 0.15) is 61.7 Å². The van der Waals surface area contributed by atoms with Gasteiger partial charge in [0.05, 0.1) is 11.5 Å². The van der Waals surface area contributed by atoms with Crippen molar-refractivity contribution in [1.29, 1.82) is 0 Å². The average Bonchev–Trinajstić information content (AvgIpc) is 3.50. The highest BCUT2D eigenvalue weighted by Gasteiger charge is 2.55. The van der Waals surface area contributed by atoms with Crippen LogP contribution in [0, 0.1) is 23.2 Å². The zero-order chi connectivity index (χ0) is 19.1. The summed E-state index contributed by atoms with van der Waals surface area (Å²) in [7, 11) is 0. The van der Waals surface area contributed by atoms with Gasteiger partial charge in [0.1, 0.15) is 12.2 Å². The van der Waals surface area contributed by atoms with Gasteiger partial charge in [-0.2, -0.15) is 0 Å². The summed E-state index contributed by atoms with van der Waals surface area (Å²) in [4.78, 5) is 25.5. The molecule has 3 fully saturated rings. The van der Waals surface area contributed by atoms with Gasteiger partial charge in [-0.05, 0) is 75.3 Å². The molecule has 0 radical (unpaired) electrons. The summed E-state index contributed by atoms with van der Waals surface area (Å²) >= 11 is 0. The molecule has 3 saturated carbocycles. The molecule has 148 valence electrons. The van der Waals surface area contributed by atoms with Crippen LogP contribution in [0.15, 0.2) is 42.5 Å². The van der Waals surface area contributed by atoms with Crippen LogP contribution in [0.4, 0.5) is 0 Å². The number of carbonyl (C=O) groups is 2. The van der Waals surface area contributed by atoms with Crippen molar-refractivity contribution < 1.29 is 19.1 Å². The molecule has 1 spiro atoms. The normalized spacial score (nSPS) is 38.2. The molecule has 6 atom stereocenters. The molecule has 1 aromatic rings. The van der Waals surface area contributed by atoms with E-state index < -0.39 is 0 Å². The number of allylic oxidation sites excluding steroid dienone is 2. The third-order valence-electron chi connectivity index (χ3n) is 7.60. The van der Waals surface area contributed by atoms with Crippen LogP contribution >= 0.6 is 0 Å². The van der Waals surface area contributed by atoms with E-state index in [1.165, 1.54) is 0 Å². The van der Waals surface area contributed by atoms with Gasteiger partial charge in [-0.1, -0.05) is 30.4 Å². The van der Waals surface area contributed by atoms with E-state index in [1.807, 2.05) is 18.2 Å². The summed E-state index contributed by atoms with van der Waals surface area (Å²) in [6.07, 6.45) is 12.0. The number of rotatable bonds is 4. The molecule has 4 aliphatic rings. The number of ether oxygens (including phenoxy) is 2. The zero-order valence-corrected chi connectivity index (χ0v) is 16.2. The molecule has 28 heavy (non-hydrogen) atoms. The van der Waals surface area contributed by atoms with Crippen molar-refractivity contribution in [2.24, 2.45) is 23.2 Å². The maximum atomic E-state index is 12.9. The summed E-state index contributed by atoms with van der Waals surface area (Å²) in [5.74, 6) is 0.668. The van der Waals surface area contributed by atoms with E-state index in [-0.39, 0.29) is 35.5 Å². The second-order valence-electron chi connectivity index (χ2n) is 9.09. The van der Waals surface area contributed by atoms with Crippen LogP contribution in [0.2, 0.25) is 0 Å². The topological polar surface area (TPSA) is 52.6 Å². The Bertz CT molecular complexity index is 781. The minimum absolute atomic E-state index is 0.0249. The molecule has 4 nitrogen and oxygen atoms in total. The molecule has 0 aliphatic heterocycles. The molecule has 0 saturated heterocycles. The maximum absolute atomic E-state index is 12.9. The number of benzene rings is 1. The Hall–Kier alpha value is -2.10. The van der Waals surface area contributed by atoms with Crippen LogP contribution in [0.3, 0.4) is 0 Å². The molecule has 5 rings (SSSR count). The van der Waals surface area contributed by atoms with Gasteiger partial charge in [0, 0.05) is 5.41 Å². The number of hydrogen-bond donors (Lipinski definition) is 0. The molecule has 0 amide bonds. The highest BCUT2D eigenvalue weighted by atomic mass is 16.6. The van der Waals surface area contributed by atoms with Crippen molar-refractivity contribution in [3.8, 4) is 0 Å². The van der Waals surface area contributed by atoms with Crippen molar-refractivity contribution in [3.63, 3.8) is 0 Å². The lowest BCUT2D eigenvalue weighted by molar-refractivity contribution is -0.164. The van der Waals surface area contributed by atoms with Gasteiger partial charge >= 0.3 is 11.9 Å². The first-order chi connectivity index (χ1) is 13.7. The number of hydrogen-bond acceptors (Lipinski definition) is 4. The fourth-order valence-corrected chi connectivity index (χ4v) is 6.19. The van der Waals surface area contributed by atoms with Gasteiger partial charge in [-0.3, -0.25) is 4.79 Å². The minimum Gasteiger partial charge on any atom is -0.461 e. The fraction of sp³-hybridized carbons (Fsp3) is 0.583. The maximum Gasteiger partial charge on any atom is 0.338 e. The monoisotopic (exact) mass is 380 g/mol. The lowest BCUT2D eigenvalue weighted by atomic mass is 9.80. The molecule has 0 unspecified atom stereocenters. The van der Waals surface area contributed by atoms with Crippen molar-refractivity contribution in [3.05, 3.63) is 48.0 Å². The second kappa shape index (κ2) is 7.06. The Morgan fingerprint density at radius 3 is 2.25 bits per heavy atom. The van der Waals surface area contributed by atoms with Gasteiger partial charge in [-0.25, -0.2) is 4.79 Å². The quantitative estimate of drug-likeness (QED) is 0.562. The summed E-state index contributed by atoms with van der Waals surface area (Å²) < 4.78 is 12.1. The molecule has 0 N–H and O–H groups in total. The van der Waals surface area contributed by atoms with E-state index in [4.69, 9.17) is 9.47 Å². The highest BCUT2D eigenvalue weighted by Crippen LogP contribution is 2.54. The molecular formula is C24H28O4.